The number of halogens is 1. The summed E-state index contributed by atoms with van der Waals surface area (Å²) in [5, 5.41) is 2.84. The number of para-hydroxylation sites is 1. The van der Waals surface area contributed by atoms with Gasteiger partial charge >= 0.3 is 0 Å². The van der Waals surface area contributed by atoms with Gasteiger partial charge in [0.15, 0.2) is 5.76 Å². The monoisotopic (exact) mass is 474 g/mol. The Morgan fingerprint density at radius 1 is 1.10 bits per heavy atom. The molecule has 0 fully saturated rings. The number of hydrogen-bond acceptors (Lipinski definition) is 5. The van der Waals surface area contributed by atoms with E-state index in [0.29, 0.717) is 22.9 Å². The van der Waals surface area contributed by atoms with Crippen molar-refractivity contribution in [2.45, 2.75) is 17.9 Å². The molecule has 0 saturated carbocycles. The molecule has 0 unspecified atom stereocenters. The summed E-state index contributed by atoms with van der Waals surface area (Å²) in [5.41, 5.74) is 5.82. The van der Waals surface area contributed by atoms with Crippen LogP contribution in [-0.4, -0.2) is 17.6 Å². The van der Waals surface area contributed by atoms with E-state index >= 15 is 0 Å². The number of thioether (sulfide) groups is 1. The normalized spacial score (nSPS) is 10.5. The highest BCUT2D eigenvalue weighted by atomic mass is 79.9. The second-order valence-corrected chi connectivity index (χ2v) is 8.08. The lowest BCUT2D eigenvalue weighted by molar-refractivity contribution is -0.117. The largest absolute Gasteiger partial charge is 0.486 e. The molecule has 8 heteroatoms. The maximum atomic E-state index is 12.5. The first-order valence-electron chi connectivity index (χ1n) is 8.80. The van der Waals surface area contributed by atoms with Crippen LogP contribution in [-0.2, 0) is 11.4 Å². The van der Waals surface area contributed by atoms with Crippen molar-refractivity contribution < 1.29 is 18.7 Å². The molecule has 150 valence electrons. The number of ether oxygens (including phenoxy) is 1. The molecule has 3 aromatic rings. The number of hydrogen-bond donors (Lipinski definition) is 2. The number of anilines is 1. The summed E-state index contributed by atoms with van der Waals surface area (Å²) in [6.45, 7) is 0.212. The van der Waals surface area contributed by atoms with Gasteiger partial charge in [-0.15, -0.1) is 11.8 Å². The van der Waals surface area contributed by atoms with Crippen LogP contribution < -0.4 is 15.8 Å². The van der Waals surface area contributed by atoms with E-state index in [2.05, 4.69) is 21.2 Å². The van der Waals surface area contributed by atoms with Crippen LogP contribution in [0.3, 0.4) is 0 Å². The Morgan fingerprint density at radius 2 is 1.93 bits per heavy atom. The third-order valence-corrected chi connectivity index (χ3v) is 5.37. The van der Waals surface area contributed by atoms with Crippen molar-refractivity contribution in [1.82, 2.24) is 0 Å². The first kappa shape index (κ1) is 21.0. The standard InChI is InChI=1S/C21H19BrN2O4S/c22-14-4-3-5-15(12-14)27-13-16-8-9-18(28-16)21(26)24-17-6-1-2-7-19(17)29-11-10-20(23)25/h1-9,12H,10-11,13H2,(H2,23,25)(H,24,26). The van der Waals surface area contributed by atoms with Gasteiger partial charge in [-0.05, 0) is 42.5 Å². The average molecular weight is 475 g/mol. The van der Waals surface area contributed by atoms with E-state index in [4.69, 9.17) is 14.9 Å². The number of carbonyl (C=O) groups excluding carboxylic acids is 2. The summed E-state index contributed by atoms with van der Waals surface area (Å²) < 4.78 is 12.2. The van der Waals surface area contributed by atoms with Crippen molar-refractivity contribution in [3.8, 4) is 5.75 Å². The van der Waals surface area contributed by atoms with E-state index in [0.717, 1.165) is 9.37 Å². The molecule has 0 aliphatic heterocycles. The van der Waals surface area contributed by atoms with Crippen LogP contribution in [0.4, 0.5) is 5.69 Å². The van der Waals surface area contributed by atoms with Crippen LogP contribution >= 0.6 is 27.7 Å². The van der Waals surface area contributed by atoms with Crippen LogP contribution in [0.5, 0.6) is 5.75 Å². The molecule has 3 rings (SSSR count). The van der Waals surface area contributed by atoms with E-state index in [1.807, 2.05) is 42.5 Å². The molecule has 0 atom stereocenters. The molecular weight excluding hydrogens is 456 g/mol. The quantitative estimate of drug-likeness (QED) is 0.432. The molecule has 2 aromatic carbocycles. The third kappa shape index (κ3) is 6.40. The SMILES string of the molecule is NC(=O)CCSc1ccccc1NC(=O)c1ccc(COc2cccc(Br)c2)o1. The molecular formula is C21H19BrN2O4S. The van der Waals surface area contributed by atoms with E-state index in [1.165, 1.54) is 11.8 Å². The Labute approximate surface area is 180 Å². The van der Waals surface area contributed by atoms with Gasteiger partial charge in [0.1, 0.15) is 18.1 Å². The maximum Gasteiger partial charge on any atom is 0.291 e. The van der Waals surface area contributed by atoms with Gasteiger partial charge in [-0.1, -0.05) is 34.1 Å². The summed E-state index contributed by atoms with van der Waals surface area (Å²) in [5.74, 6) is 1.26. The smallest absolute Gasteiger partial charge is 0.291 e. The number of nitrogens with two attached hydrogens (primary N) is 1. The van der Waals surface area contributed by atoms with Crippen LogP contribution in [0.25, 0.3) is 0 Å². The highest BCUT2D eigenvalue weighted by molar-refractivity contribution is 9.10. The topological polar surface area (TPSA) is 94.6 Å². The van der Waals surface area contributed by atoms with Crippen LogP contribution in [0.2, 0.25) is 0 Å². The molecule has 29 heavy (non-hydrogen) atoms. The van der Waals surface area contributed by atoms with Gasteiger partial charge in [-0.2, -0.15) is 0 Å². The maximum absolute atomic E-state index is 12.5. The van der Waals surface area contributed by atoms with Crippen LogP contribution in [0, 0.1) is 0 Å². The summed E-state index contributed by atoms with van der Waals surface area (Å²) in [6, 6.07) is 18.2. The molecule has 0 bridgehead atoms. The summed E-state index contributed by atoms with van der Waals surface area (Å²) in [4.78, 5) is 24.3. The molecule has 1 heterocycles. The minimum absolute atomic E-state index is 0.190. The molecule has 6 nitrogen and oxygen atoms in total. The zero-order valence-corrected chi connectivity index (χ0v) is 17.8. The minimum atomic E-state index is -0.360. The highest BCUT2D eigenvalue weighted by Gasteiger charge is 2.14. The zero-order valence-electron chi connectivity index (χ0n) is 15.4. The lowest BCUT2D eigenvalue weighted by Crippen LogP contribution is -2.12. The molecule has 1 aromatic heterocycles. The van der Waals surface area contributed by atoms with Crippen molar-refractivity contribution in [1.29, 1.82) is 0 Å². The predicted octanol–water partition coefficient (Wildman–Crippen LogP) is 4.84. The Balaban J connectivity index is 1.59. The number of benzene rings is 2. The number of nitrogens with one attached hydrogen (secondary N) is 1. The van der Waals surface area contributed by atoms with Gasteiger partial charge in [-0.25, -0.2) is 0 Å². The van der Waals surface area contributed by atoms with Crippen LogP contribution in [0.15, 0.2) is 74.4 Å². The van der Waals surface area contributed by atoms with Gasteiger partial charge in [0.05, 0.1) is 5.69 Å². The van der Waals surface area contributed by atoms with Crippen molar-refractivity contribution >= 4 is 45.2 Å². The van der Waals surface area contributed by atoms with Crippen molar-refractivity contribution in [2.24, 2.45) is 5.73 Å². The lowest BCUT2D eigenvalue weighted by atomic mass is 10.3. The first-order valence-corrected chi connectivity index (χ1v) is 10.6. The molecule has 0 saturated heterocycles. The van der Waals surface area contributed by atoms with Gasteiger partial charge in [-0.3, -0.25) is 9.59 Å². The Hall–Kier alpha value is -2.71. The van der Waals surface area contributed by atoms with Gasteiger partial charge in [0, 0.05) is 21.5 Å². The van der Waals surface area contributed by atoms with E-state index in [9.17, 15) is 9.59 Å². The Kier molecular flexibility index (Phi) is 7.37. The van der Waals surface area contributed by atoms with E-state index in [1.54, 1.807) is 18.2 Å². The molecule has 3 N–H and O–H groups in total. The fourth-order valence-corrected chi connectivity index (χ4v) is 3.78. The van der Waals surface area contributed by atoms with Gasteiger partial charge in [0.2, 0.25) is 5.91 Å². The second kappa shape index (κ2) is 10.2. The fourth-order valence-electron chi connectivity index (χ4n) is 2.43. The summed E-state index contributed by atoms with van der Waals surface area (Å²) in [7, 11) is 0. The first-order chi connectivity index (χ1) is 14.0. The molecule has 0 spiro atoms. The van der Waals surface area contributed by atoms with E-state index in [-0.39, 0.29) is 30.6 Å². The minimum Gasteiger partial charge on any atom is -0.486 e. The highest BCUT2D eigenvalue weighted by Crippen LogP contribution is 2.28. The average Bonchev–Trinajstić information content (AvgIpc) is 3.17. The second-order valence-electron chi connectivity index (χ2n) is 6.03. The molecule has 2 amide bonds. The van der Waals surface area contributed by atoms with Crippen molar-refractivity contribution in [3.05, 3.63) is 76.7 Å². The molecule has 0 radical (unpaired) electrons. The van der Waals surface area contributed by atoms with Crippen LogP contribution in [0.1, 0.15) is 22.7 Å². The Morgan fingerprint density at radius 3 is 2.72 bits per heavy atom. The fraction of sp³-hybridized carbons (Fsp3) is 0.143. The number of carbonyl (C=O) groups is 2. The lowest BCUT2D eigenvalue weighted by Gasteiger charge is -2.09. The number of primary amides is 1. The summed E-state index contributed by atoms with van der Waals surface area (Å²) >= 11 is 4.85. The number of amides is 2. The predicted molar refractivity (Wildman–Crippen MR) is 116 cm³/mol. The van der Waals surface area contributed by atoms with Crippen molar-refractivity contribution in [2.75, 3.05) is 11.1 Å². The van der Waals surface area contributed by atoms with Crippen molar-refractivity contribution in [3.63, 3.8) is 0 Å². The number of rotatable bonds is 9. The third-order valence-electron chi connectivity index (χ3n) is 3.80. The van der Waals surface area contributed by atoms with E-state index < -0.39 is 0 Å². The zero-order chi connectivity index (χ0) is 20.6. The molecule has 0 aliphatic rings. The summed E-state index contributed by atoms with van der Waals surface area (Å²) in [6.07, 6.45) is 0.270. The Bertz CT molecular complexity index is 1010. The molecule has 0 aliphatic carbocycles. The number of furan rings is 1. The van der Waals surface area contributed by atoms with Gasteiger partial charge < -0.3 is 20.2 Å². The van der Waals surface area contributed by atoms with Gasteiger partial charge in [0.25, 0.3) is 5.91 Å².